The number of phenols is 1. The van der Waals surface area contributed by atoms with E-state index in [9.17, 15) is 22.7 Å². The van der Waals surface area contributed by atoms with E-state index < -0.39 is 21.7 Å². The van der Waals surface area contributed by atoms with Gasteiger partial charge in [0.05, 0.1) is 17.7 Å². The molecule has 3 N–H and O–H groups in total. The Morgan fingerprint density at radius 2 is 1.86 bits per heavy atom. The number of halogens is 1. The largest absolute Gasteiger partial charge is 0.506 e. The van der Waals surface area contributed by atoms with Gasteiger partial charge >= 0.3 is 0 Å². The van der Waals surface area contributed by atoms with Gasteiger partial charge in [0.15, 0.2) is 5.82 Å². The topological polar surface area (TPSA) is 109 Å². The fraction of sp³-hybridized carbons (Fsp3) is 0.0500. The number of hydrogen-bond donors (Lipinski definition) is 3. The van der Waals surface area contributed by atoms with E-state index in [0.717, 1.165) is 12.1 Å². The van der Waals surface area contributed by atoms with Crippen molar-refractivity contribution in [1.29, 1.82) is 0 Å². The normalized spacial score (nSPS) is 11.6. The number of para-hydroxylation sites is 1. The molecule has 150 valence electrons. The molecule has 3 aromatic rings. The van der Waals surface area contributed by atoms with Crippen LogP contribution in [0.3, 0.4) is 0 Å². The summed E-state index contributed by atoms with van der Waals surface area (Å²) in [6, 6.07) is 12.8. The summed E-state index contributed by atoms with van der Waals surface area (Å²) >= 11 is 0. The molecule has 0 bridgehead atoms. The minimum absolute atomic E-state index is 0.0278. The van der Waals surface area contributed by atoms with E-state index >= 15 is 0 Å². The number of furan rings is 1. The molecule has 9 heteroatoms. The van der Waals surface area contributed by atoms with Gasteiger partial charge < -0.3 is 14.8 Å². The van der Waals surface area contributed by atoms with E-state index in [4.69, 9.17) is 4.42 Å². The monoisotopic (exact) mass is 416 g/mol. The molecule has 7 nitrogen and oxygen atoms in total. The van der Waals surface area contributed by atoms with E-state index in [2.05, 4.69) is 10.0 Å². The molecule has 0 unspecified atom stereocenters. The highest BCUT2D eigenvalue weighted by atomic mass is 32.2. The Hall–Kier alpha value is -3.43. The number of benzene rings is 2. The van der Waals surface area contributed by atoms with Crippen LogP contribution in [-0.4, -0.2) is 19.4 Å². The molecule has 0 fully saturated rings. The van der Waals surface area contributed by atoms with Crippen molar-refractivity contribution in [1.82, 2.24) is 4.72 Å². The minimum atomic E-state index is -3.72. The number of hydrogen-bond acceptors (Lipinski definition) is 5. The Balaban J connectivity index is 1.63. The molecule has 0 radical (unpaired) electrons. The smallest absolute Gasteiger partial charge is 0.248 e. The second-order valence-corrected chi connectivity index (χ2v) is 7.70. The molecule has 0 spiro atoms. The third kappa shape index (κ3) is 5.31. The molecule has 0 aliphatic rings. The van der Waals surface area contributed by atoms with Gasteiger partial charge in [0.1, 0.15) is 17.2 Å². The highest BCUT2D eigenvalue weighted by Gasteiger charge is 2.14. The summed E-state index contributed by atoms with van der Waals surface area (Å²) in [6.07, 6.45) is 4.03. The molecule has 0 aliphatic heterocycles. The Labute approximate surface area is 166 Å². The van der Waals surface area contributed by atoms with Crippen molar-refractivity contribution in [2.75, 3.05) is 5.32 Å². The molecule has 0 atom stereocenters. The first-order valence-electron chi connectivity index (χ1n) is 8.44. The summed E-state index contributed by atoms with van der Waals surface area (Å²) in [4.78, 5) is 12.0. The number of phenolic OH excluding ortho intramolecular Hbond substituents is 1. The second-order valence-electron chi connectivity index (χ2n) is 5.93. The van der Waals surface area contributed by atoms with Gasteiger partial charge in [-0.05, 0) is 48.0 Å². The predicted octanol–water partition coefficient (Wildman–Crippen LogP) is 3.25. The van der Waals surface area contributed by atoms with Crippen LogP contribution in [0.4, 0.5) is 10.1 Å². The summed E-state index contributed by atoms with van der Waals surface area (Å²) in [5.74, 6) is -1.31. The summed E-state index contributed by atoms with van der Waals surface area (Å²) in [7, 11) is -3.72. The van der Waals surface area contributed by atoms with Gasteiger partial charge in [-0.1, -0.05) is 18.2 Å². The third-order valence-corrected chi connectivity index (χ3v) is 5.29. The summed E-state index contributed by atoms with van der Waals surface area (Å²) < 4.78 is 45.7. The molecule has 0 saturated carbocycles. The number of aromatic hydroxyl groups is 1. The van der Waals surface area contributed by atoms with Crippen LogP contribution in [0.2, 0.25) is 0 Å². The molecule has 1 amide bonds. The van der Waals surface area contributed by atoms with Crippen LogP contribution in [0.15, 0.2) is 76.2 Å². The van der Waals surface area contributed by atoms with E-state index in [1.54, 1.807) is 12.1 Å². The lowest BCUT2D eigenvalue weighted by Gasteiger charge is -2.06. The van der Waals surface area contributed by atoms with E-state index in [0.29, 0.717) is 11.3 Å². The Morgan fingerprint density at radius 3 is 2.52 bits per heavy atom. The van der Waals surface area contributed by atoms with Crippen LogP contribution in [0.1, 0.15) is 11.3 Å². The lowest BCUT2D eigenvalue weighted by Crippen LogP contribution is -2.22. The van der Waals surface area contributed by atoms with Crippen molar-refractivity contribution in [2.45, 2.75) is 11.4 Å². The fourth-order valence-corrected chi connectivity index (χ4v) is 3.39. The molecule has 29 heavy (non-hydrogen) atoms. The maximum absolute atomic E-state index is 13.6. The second kappa shape index (κ2) is 8.72. The van der Waals surface area contributed by atoms with Crippen LogP contribution in [0.5, 0.6) is 5.75 Å². The molecule has 1 heterocycles. The highest BCUT2D eigenvalue weighted by molar-refractivity contribution is 7.89. The van der Waals surface area contributed by atoms with Crippen LogP contribution >= 0.6 is 0 Å². The van der Waals surface area contributed by atoms with Crippen LogP contribution in [0, 0.1) is 5.82 Å². The molecule has 0 saturated heterocycles. The number of nitrogens with one attached hydrogen (secondary N) is 2. The lowest BCUT2D eigenvalue weighted by molar-refractivity contribution is -0.111. The number of sulfonamides is 1. The first-order valence-corrected chi connectivity index (χ1v) is 9.92. The standard InChI is InChI=1S/C20H17FN2O5S/c21-17-4-1-5-18(24)20(17)23-19(25)11-8-14-6-9-16(10-7-14)29(26,27)22-13-15-3-2-12-28-15/h1-12,22,24H,13H2,(H,23,25). The summed E-state index contributed by atoms with van der Waals surface area (Å²) in [6.45, 7) is 0.0278. The first kappa shape index (κ1) is 20.3. The number of amides is 1. The summed E-state index contributed by atoms with van der Waals surface area (Å²) in [5.41, 5.74) is 0.245. The Kier molecular flexibility index (Phi) is 6.10. The molecule has 1 aromatic heterocycles. The number of carbonyl (C=O) groups is 1. The average Bonchev–Trinajstić information content (AvgIpc) is 3.22. The Bertz CT molecular complexity index is 1100. The van der Waals surface area contributed by atoms with Crippen molar-refractivity contribution in [2.24, 2.45) is 0 Å². The SMILES string of the molecule is O=C(C=Cc1ccc(S(=O)(=O)NCc2ccco2)cc1)Nc1c(O)cccc1F. The van der Waals surface area contributed by atoms with Crippen LogP contribution in [-0.2, 0) is 21.4 Å². The predicted molar refractivity (Wildman–Crippen MR) is 105 cm³/mol. The van der Waals surface area contributed by atoms with Crippen molar-refractivity contribution < 1.29 is 27.1 Å². The van der Waals surface area contributed by atoms with Gasteiger partial charge in [0, 0.05) is 6.08 Å². The van der Waals surface area contributed by atoms with Gasteiger partial charge in [-0.15, -0.1) is 0 Å². The highest BCUT2D eigenvalue weighted by Crippen LogP contribution is 2.25. The molecular weight excluding hydrogens is 399 g/mol. The quantitative estimate of drug-likeness (QED) is 0.405. The maximum Gasteiger partial charge on any atom is 0.248 e. The van der Waals surface area contributed by atoms with Gasteiger partial charge in [-0.3, -0.25) is 4.79 Å². The fourth-order valence-electron chi connectivity index (χ4n) is 2.39. The molecule has 3 rings (SSSR count). The molecule has 2 aromatic carbocycles. The van der Waals surface area contributed by atoms with Gasteiger partial charge in [0.2, 0.25) is 15.9 Å². The number of anilines is 1. The van der Waals surface area contributed by atoms with Crippen LogP contribution < -0.4 is 10.0 Å². The number of rotatable bonds is 7. The van der Waals surface area contributed by atoms with Gasteiger partial charge in [-0.2, -0.15) is 0 Å². The van der Waals surface area contributed by atoms with E-state index in [1.807, 2.05) is 0 Å². The van der Waals surface area contributed by atoms with Gasteiger partial charge in [-0.25, -0.2) is 17.5 Å². The average molecular weight is 416 g/mol. The first-order chi connectivity index (χ1) is 13.8. The van der Waals surface area contributed by atoms with Crippen molar-refractivity contribution in [3.63, 3.8) is 0 Å². The minimum Gasteiger partial charge on any atom is -0.506 e. The molecule has 0 aliphatic carbocycles. The maximum atomic E-state index is 13.6. The van der Waals surface area contributed by atoms with E-state index in [1.165, 1.54) is 48.7 Å². The zero-order chi connectivity index (χ0) is 20.9. The van der Waals surface area contributed by atoms with Gasteiger partial charge in [0.25, 0.3) is 0 Å². The van der Waals surface area contributed by atoms with Crippen molar-refractivity contribution in [3.05, 3.63) is 84.1 Å². The summed E-state index contributed by atoms with van der Waals surface area (Å²) in [5, 5.41) is 11.8. The third-order valence-electron chi connectivity index (χ3n) is 3.87. The van der Waals surface area contributed by atoms with E-state index in [-0.39, 0.29) is 22.9 Å². The zero-order valence-corrected chi connectivity index (χ0v) is 15.8. The molecular formula is C20H17FN2O5S. The Morgan fingerprint density at radius 1 is 1.10 bits per heavy atom. The van der Waals surface area contributed by atoms with Crippen molar-refractivity contribution in [3.8, 4) is 5.75 Å². The van der Waals surface area contributed by atoms with Crippen LogP contribution in [0.25, 0.3) is 6.08 Å². The lowest BCUT2D eigenvalue weighted by atomic mass is 10.2. The van der Waals surface area contributed by atoms with Crippen molar-refractivity contribution >= 4 is 27.7 Å². The number of carbonyl (C=O) groups excluding carboxylic acids is 1. The zero-order valence-electron chi connectivity index (χ0n) is 15.0.